The minimum absolute atomic E-state index is 0.0202. The molecule has 0 saturated carbocycles. The Morgan fingerprint density at radius 2 is 2.23 bits per heavy atom. The van der Waals surface area contributed by atoms with Crippen LogP contribution >= 0.6 is 0 Å². The number of fused-ring (bicyclic) bond motifs is 1. The minimum Gasteiger partial charge on any atom is -0.486 e. The third-order valence-corrected chi connectivity index (χ3v) is 3.53. The molecule has 1 aliphatic rings. The molecule has 0 aliphatic carbocycles. The monoisotopic (exact) mass is 303 g/mol. The van der Waals surface area contributed by atoms with Crippen molar-refractivity contribution in [3.05, 3.63) is 36.9 Å². The molecule has 1 unspecified atom stereocenters. The van der Waals surface area contributed by atoms with Gasteiger partial charge in [0.15, 0.2) is 17.5 Å². The fourth-order valence-corrected chi connectivity index (χ4v) is 2.33. The number of allylic oxidation sites excluding steroid dienone is 1. The lowest BCUT2D eigenvalue weighted by Gasteiger charge is -2.28. The van der Waals surface area contributed by atoms with Crippen LogP contribution in [0.4, 0.5) is 0 Å². The standard InChI is InChI=1S/C17H25N3O2/c1-4-5-8-11-20(3)17(18-2)19-12-14-13-21-15-9-6-7-10-16(15)22-14/h4,6-7,9-10,14H,1,5,8,11-13H2,2-3H3,(H,18,19). The Bertz CT molecular complexity index is 516. The lowest BCUT2D eigenvalue weighted by Crippen LogP contribution is -2.46. The van der Waals surface area contributed by atoms with Crippen LogP contribution in [0.3, 0.4) is 0 Å². The Hall–Kier alpha value is -2.17. The number of ether oxygens (including phenoxy) is 2. The summed E-state index contributed by atoms with van der Waals surface area (Å²) in [7, 11) is 3.83. The van der Waals surface area contributed by atoms with Gasteiger partial charge in [-0.2, -0.15) is 0 Å². The zero-order chi connectivity index (χ0) is 15.8. The summed E-state index contributed by atoms with van der Waals surface area (Å²) in [5.74, 6) is 2.48. The average molecular weight is 303 g/mol. The summed E-state index contributed by atoms with van der Waals surface area (Å²) in [6.45, 7) is 5.89. The second-order valence-corrected chi connectivity index (χ2v) is 5.28. The zero-order valence-corrected chi connectivity index (χ0v) is 13.4. The molecule has 1 aromatic rings. The third kappa shape index (κ3) is 4.41. The number of rotatable bonds is 6. The van der Waals surface area contributed by atoms with Crippen molar-refractivity contribution in [2.75, 3.05) is 33.8 Å². The van der Waals surface area contributed by atoms with E-state index in [2.05, 4.69) is 21.8 Å². The Morgan fingerprint density at radius 3 is 2.95 bits per heavy atom. The molecular formula is C17H25N3O2. The summed E-state index contributed by atoms with van der Waals surface area (Å²) >= 11 is 0. The highest BCUT2D eigenvalue weighted by molar-refractivity contribution is 5.79. The number of guanidine groups is 1. The summed E-state index contributed by atoms with van der Waals surface area (Å²) in [4.78, 5) is 6.42. The first-order valence-electron chi connectivity index (χ1n) is 7.65. The van der Waals surface area contributed by atoms with Crippen LogP contribution in [0.25, 0.3) is 0 Å². The quantitative estimate of drug-likeness (QED) is 0.379. The number of nitrogens with one attached hydrogen (secondary N) is 1. The molecule has 2 rings (SSSR count). The average Bonchev–Trinajstić information content (AvgIpc) is 2.55. The van der Waals surface area contributed by atoms with Crippen LogP contribution < -0.4 is 14.8 Å². The van der Waals surface area contributed by atoms with Gasteiger partial charge in [0.05, 0.1) is 6.54 Å². The predicted molar refractivity (Wildman–Crippen MR) is 89.8 cm³/mol. The fourth-order valence-electron chi connectivity index (χ4n) is 2.33. The van der Waals surface area contributed by atoms with Gasteiger partial charge in [0.25, 0.3) is 0 Å². The Morgan fingerprint density at radius 1 is 1.45 bits per heavy atom. The first-order chi connectivity index (χ1) is 10.7. The van der Waals surface area contributed by atoms with Gasteiger partial charge in [0.1, 0.15) is 12.7 Å². The van der Waals surface area contributed by atoms with Crippen molar-refractivity contribution in [2.24, 2.45) is 4.99 Å². The van der Waals surface area contributed by atoms with Gasteiger partial charge in [-0.05, 0) is 25.0 Å². The fraction of sp³-hybridized carbons (Fsp3) is 0.471. The molecule has 1 atom stereocenters. The van der Waals surface area contributed by atoms with Crippen LogP contribution in [-0.4, -0.2) is 50.8 Å². The van der Waals surface area contributed by atoms with Crippen LogP contribution in [0, 0.1) is 0 Å². The van der Waals surface area contributed by atoms with E-state index in [1.807, 2.05) is 37.4 Å². The molecule has 0 saturated heterocycles. The van der Waals surface area contributed by atoms with E-state index in [0.29, 0.717) is 13.2 Å². The van der Waals surface area contributed by atoms with E-state index in [1.165, 1.54) is 0 Å². The van der Waals surface area contributed by atoms with Crippen molar-refractivity contribution in [2.45, 2.75) is 18.9 Å². The van der Waals surface area contributed by atoms with Gasteiger partial charge >= 0.3 is 0 Å². The summed E-state index contributed by atoms with van der Waals surface area (Å²) in [5.41, 5.74) is 0. The van der Waals surface area contributed by atoms with E-state index in [4.69, 9.17) is 9.47 Å². The molecule has 0 fully saturated rings. The molecule has 5 heteroatoms. The smallest absolute Gasteiger partial charge is 0.193 e. The summed E-state index contributed by atoms with van der Waals surface area (Å²) in [6, 6.07) is 7.74. The van der Waals surface area contributed by atoms with Gasteiger partial charge < -0.3 is 19.7 Å². The van der Waals surface area contributed by atoms with Gasteiger partial charge in [0, 0.05) is 20.6 Å². The zero-order valence-electron chi connectivity index (χ0n) is 13.4. The highest BCUT2D eigenvalue weighted by Gasteiger charge is 2.21. The van der Waals surface area contributed by atoms with Gasteiger partial charge in [-0.3, -0.25) is 4.99 Å². The van der Waals surface area contributed by atoms with Crippen LogP contribution in [0.5, 0.6) is 11.5 Å². The molecule has 0 aromatic heterocycles. The van der Waals surface area contributed by atoms with Gasteiger partial charge in [-0.15, -0.1) is 6.58 Å². The maximum Gasteiger partial charge on any atom is 0.193 e. The molecule has 0 amide bonds. The van der Waals surface area contributed by atoms with Crippen molar-refractivity contribution < 1.29 is 9.47 Å². The Balaban J connectivity index is 1.80. The third-order valence-electron chi connectivity index (χ3n) is 3.53. The van der Waals surface area contributed by atoms with E-state index in [9.17, 15) is 0 Å². The van der Waals surface area contributed by atoms with Crippen molar-refractivity contribution in [3.63, 3.8) is 0 Å². The van der Waals surface area contributed by atoms with Crippen LogP contribution in [0.1, 0.15) is 12.8 Å². The van der Waals surface area contributed by atoms with Crippen molar-refractivity contribution in [3.8, 4) is 11.5 Å². The predicted octanol–water partition coefficient (Wildman–Crippen LogP) is 2.30. The number of para-hydroxylation sites is 2. The number of hydrogen-bond acceptors (Lipinski definition) is 3. The van der Waals surface area contributed by atoms with Crippen molar-refractivity contribution >= 4 is 5.96 Å². The first-order valence-corrected chi connectivity index (χ1v) is 7.65. The summed E-state index contributed by atoms with van der Waals surface area (Å²) in [6.07, 6.45) is 4.00. The molecule has 5 nitrogen and oxygen atoms in total. The molecule has 120 valence electrons. The number of benzene rings is 1. The van der Waals surface area contributed by atoms with Crippen LogP contribution in [0.2, 0.25) is 0 Å². The molecular weight excluding hydrogens is 278 g/mol. The second kappa shape index (κ2) is 8.32. The van der Waals surface area contributed by atoms with Gasteiger partial charge in [-0.25, -0.2) is 0 Å². The van der Waals surface area contributed by atoms with E-state index >= 15 is 0 Å². The largest absolute Gasteiger partial charge is 0.486 e. The summed E-state index contributed by atoms with van der Waals surface area (Å²) in [5, 5.41) is 3.34. The van der Waals surface area contributed by atoms with Crippen molar-refractivity contribution in [1.29, 1.82) is 0 Å². The Kier molecular flexibility index (Phi) is 6.13. The lowest BCUT2D eigenvalue weighted by atomic mass is 10.2. The molecule has 1 heterocycles. The first kappa shape index (κ1) is 16.2. The molecule has 22 heavy (non-hydrogen) atoms. The minimum atomic E-state index is -0.0202. The number of aliphatic imine (C=N–C) groups is 1. The molecule has 1 aliphatic heterocycles. The molecule has 0 bridgehead atoms. The maximum atomic E-state index is 5.93. The second-order valence-electron chi connectivity index (χ2n) is 5.28. The van der Waals surface area contributed by atoms with E-state index < -0.39 is 0 Å². The Labute approximate surface area is 132 Å². The highest BCUT2D eigenvalue weighted by atomic mass is 16.6. The lowest BCUT2D eigenvalue weighted by molar-refractivity contribution is 0.0932. The van der Waals surface area contributed by atoms with E-state index in [1.54, 1.807) is 7.05 Å². The van der Waals surface area contributed by atoms with Crippen LogP contribution in [-0.2, 0) is 0 Å². The maximum absolute atomic E-state index is 5.93. The SMILES string of the molecule is C=CCCCN(C)C(=NC)NCC1COc2ccccc2O1. The molecule has 1 aromatic carbocycles. The molecule has 0 spiro atoms. The number of unbranched alkanes of at least 4 members (excludes halogenated alkanes) is 1. The topological polar surface area (TPSA) is 46.1 Å². The van der Waals surface area contributed by atoms with E-state index in [0.717, 1.165) is 36.8 Å². The van der Waals surface area contributed by atoms with Gasteiger partial charge in [-0.1, -0.05) is 18.2 Å². The molecule has 1 N–H and O–H groups in total. The van der Waals surface area contributed by atoms with E-state index in [-0.39, 0.29) is 6.10 Å². The van der Waals surface area contributed by atoms with Crippen LogP contribution in [0.15, 0.2) is 41.9 Å². The van der Waals surface area contributed by atoms with Crippen molar-refractivity contribution in [1.82, 2.24) is 10.2 Å². The highest BCUT2D eigenvalue weighted by Crippen LogP contribution is 2.30. The normalized spacial score (nSPS) is 17.0. The molecule has 0 radical (unpaired) electrons. The number of hydrogen-bond donors (Lipinski definition) is 1. The number of nitrogens with zero attached hydrogens (tertiary/aromatic N) is 2. The van der Waals surface area contributed by atoms with Gasteiger partial charge in [0.2, 0.25) is 0 Å². The summed E-state index contributed by atoms with van der Waals surface area (Å²) < 4.78 is 11.6.